The van der Waals surface area contributed by atoms with Crippen LogP contribution in [-0.4, -0.2) is 48.5 Å². The van der Waals surface area contributed by atoms with E-state index in [-0.39, 0.29) is 16.4 Å². The summed E-state index contributed by atoms with van der Waals surface area (Å²) in [6.07, 6.45) is 3.82. The maximum atomic E-state index is 13.3. The Morgan fingerprint density at radius 1 is 1.12 bits per heavy atom. The first-order chi connectivity index (χ1) is 15.3. The number of nitrogens with zero attached hydrogens (tertiary/aromatic N) is 3. The van der Waals surface area contributed by atoms with E-state index in [1.807, 2.05) is 0 Å². The first kappa shape index (κ1) is 25.6. The molecule has 0 spiro atoms. The van der Waals surface area contributed by atoms with Crippen molar-refractivity contribution in [2.75, 3.05) is 6.26 Å². The van der Waals surface area contributed by atoms with Gasteiger partial charge in [-0.05, 0) is 35.9 Å². The molecule has 0 aliphatic heterocycles. The molecule has 2 unspecified atom stereocenters. The van der Waals surface area contributed by atoms with Gasteiger partial charge in [0.1, 0.15) is 13.7 Å². The number of hydrogen-bond acceptors (Lipinski definition) is 6. The van der Waals surface area contributed by atoms with Crippen LogP contribution in [0.4, 0.5) is 0 Å². The van der Waals surface area contributed by atoms with Gasteiger partial charge in [-0.3, -0.25) is 9.36 Å². The van der Waals surface area contributed by atoms with Gasteiger partial charge in [0.2, 0.25) is 15.0 Å². The number of pyridine rings is 1. The molecule has 0 saturated heterocycles. The number of fused-ring (bicyclic) bond motifs is 1. The number of rotatable bonds is 5. The summed E-state index contributed by atoms with van der Waals surface area (Å²) in [5.74, 6) is 3.31. The zero-order chi connectivity index (χ0) is 24.7. The zero-order valence-electron chi connectivity index (χ0n) is 20.6. The third-order valence-electron chi connectivity index (χ3n) is 7.16. The van der Waals surface area contributed by atoms with Gasteiger partial charge in [-0.15, -0.1) is 5.54 Å². The number of hydrogen-bond donors (Lipinski definition) is 1. The lowest BCUT2D eigenvalue weighted by Crippen LogP contribution is -2.43. The van der Waals surface area contributed by atoms with Gasteiger partial charge in [-0.1, -0.05) is 47.5 Å². The topological polar surface area (TPSA) is 102 Å². The van der Waals surface area contributed by atoms with E-state index < -0.39 is 30.1 Å². The van der Waals surface area contributed by atoms with Crippen LogP contribution in [0.15, 0.2) is 22.2 Å². The quantitative estimate of drug-likeness (QED) is 0.389. The fourth-order valence-electron chi connectivity index (χ4n) is 5.54. The molecule has 1 N–H and O–H groups in total. The molecule has 180 valence electrons. The van der Waals surface area contributed by atoms with Crippen molar-refractivity contribution < 1.29 is 13.5 Å². The summed E-state index contributed by atoms with van der Waals surface area (Å²) in [5.41, 5.74) is 5.32. The van der Waals surface area contributed by atoms with Crippen molar-refractivity contribution in [2.45, 2.75) is 94.7 Å². The first-order valence-corrected chi connectivity index (χ1v) is 15.8. The smallest absolute Gasteiger partial charge is 0.253 e. The molecule has 0 bridgehead atoms. The fraction of sp³-hybridized carbons (Fsp3) is 0.625. The molecular formula is C24H35N3O4SSi. The van der Waals surface area contributed by atoms with Gasteiger partial charge in [0.05, 0.1) is 17.5 Å². The summed E-state index contributed by atoms with van der Waals surface area (Å²) in [7, 11) is -5.73. The van der Waals surface area contributed by atoms with Gasteiger partial charge in [0, 0.05) is 24.1 Å². The molecule has 0 aromatic carbocycles. The average molecular weight is 490 g/mol. The molecular weight excluding hydrogens is 454 g/mol. The van der Waals surface area contributed by atoms with Crippen molar-refractivity contribution in [1.29, 1.82) is 0 Å². The van der Waals surface area contributed by atoms with Gasteiger partial charge >= 0.3 is 0 Å². The Labute approximate surface area is 197 Å². The highest BCUT2D eigenvalue weighted by Crippen LogP contribution is 2.41. The minimum Gasteiger partial charge on any atom is -0.391 e. The van der Waals surface area contributed by atoms with Crippen molar-refractivity contribution in [3.05, 3.63) is 28.2 Å². The minimum atomic E-state index is -3.67. The highest BCUT2D eigenvalue weighted by atomic mass is 32.2. The molecule has 33 heavy (non-hydrogen) atoms. The number of sulfone groups is 1. The van der Waals surface area contributed by atoms with E-state index in [1.54, 1.807) is 0 Å². The molecule has 9 heteroatoms. The maximum Gasteiger partial charge on any atom is 0.253 e. The Bertz CT molecular complexity index is 1250. The lowest BCUT2D eigenvalue weighted by molar-refractivity contribution is 0.136. The van der Waals surface area contributed by atoms with E-state index in [9.17, 15) is 18.3 Å². The SMILES string of the molecule is CC(C)[Si](C#Cc1cc(=O)n(C2CCCC2O)c2nc(S(C)(=O)=O)ncc12)(C(C)C)C(C)C. The summed E-state index contributed by atoms with van der Waals surface area (Å²) >= 11 is 0. The molecule has 2 aromatic heterocycles. The monoisotopic (exact) mass is 489 g/mol. The van der Waals surface area contributed by atoms with Crippen LogP contribution in [0.5, 0.6) is 0 Å². The standard InChI is InChI=1S/C24H35N3O4SSi/c1-15(2)33(16(3)4,17(5)6)12-11-18-13-22(29)27(20-9-8-10-21(20)28)23-19(18)14-25-24(26-23)32(7,30)31/h13-17,20-21,28H,8-10H2,1-7H3. The van der Waals surface area contributed by atoms with Crippen LogP contribution in [0.1, 0.15) is 72.4 Å². The normalized spacial score (nSPS) is 19.5. The van der Waals surface area contributed by atoms with Crippen LogP contribution >= 0.6 is 0 Å². The van der Waals surface area contributed by atoms with Crippen molar-refractivity contribution >= 4 is 28.9 Å². The minimum absolute atomic E-state index is 0.221. The molecule has 1 saturated carbocycles. The lowest BCUT2D eigenvalue weighted by Gasteiger charge is -2.38. The van der Waals surface area contributed by atoms with E-state index >= 15 is 0 Å². The molecule has 1 fully saturated rings. The molecule has 2 heterocycles. The summed E-state index contributed by atoms with van der Waals surface area (Å²) in [6.45, 7) is 13.3. The van der Waals surface area contributed by atoms with E-state index in [0.29, 0.717) is 40.4 Å². The first-order valence-electron chi connectivity index (χ1n) is 11.6. The predicted octanol–water partition coefficient (Wildman–Crippen LogP) is 3.85. The highest BCUT2D eigenvalue weighted by Gasteiger charge is 2.41. The largest absolute Gasteiger partial charge is 0.391 e. The van der Waals surface area contributed by atoms with Gasteiger partial charge < -0.3 is 5.11 Å². The number of aliphatic hydroxyl groups excluding tert-OH is 1. The lowest BCUT2D eigenvalue weighted by atomic mass is 10.1. The molecule has 3 rings (SSSR count). The third-order valence-corrected chi connectivity index (χ3v) is 14.3. The number of aromatic nitrogens is 3. The second-order valence-corrected chi connectivity index (χ2v) is 17.6. The van der Waals surface area contributed by atoms with Gasteiger partial charge in [0.25, 0.3) is 5.56 Å². The predicted molar refractivity (Wildman–Crippen MR) is 134 cm³/mol. The molecule has 1 aliphatic rings. The van der Waals surface area contributed by atoms with E-state index in [2.05, 4.69) is 63.0 Å². The summed E-state index contributed by atoms with van der Waals surface area (Å²) in [5, 5.41) is 10.7. The molecule has 7 nitrogen and oxygen atoms in total. The zero-order valence-corrected chi connectivity index (χ0v) is 22.4. The van der Waals surface area contributed by atoms with Crippen LogP contribution in [0.2, 0.25) is 16.6 Å². The van der Waals surface area contributed by atoms with Crippen molar-refractivity contribution in [2.24, 2.45) is 0 Å². The van der Waals surface area contributed by atoms with Crippen LogP contribution in [0, 0.1) is 11.5 Å². The summed E-state index contributed by atoms with van der Waals surface area (Å²) in [4.78, 5) is 21.6. The summed E-state index contributed by atoms with van der Waals surface area (Å²) < 4.78 is 25.7. The summed E-state index contributed by atoms with van der Waals surface area (Å²) in [6, 6.07) is 1.05. The maximum absolute atomic E-state index is 13.3. The molecule has 1 aliphatic carbocycles. The third kappa shape index (κ3) is 4.66. The van der Waals surface area contributed by atoms with Gasteiger partial charge in [-0.25, -0.2) is 13.4 Å². The van der Waals surface area contributed by atoms with Gasteiger partial charge in [-0.2, -0.15) is 4.98 Å². The molecule has 2 aromatic rings. The Morgan fingerprint density at radius 3 is 2.21 bits per heavy atom. The Morgan fingerprint density at radius 2 is 1.73 bits per heavy atom. The van der Waals surface area contributed by atoms with Crippen molar-refractivity contribution in [3.8, 4) is 11.5 Å². The van der Waals surface area contributed by atoms with Crippen molar-refractivity contribution in [3.63, 3.8) is 0 Å². The number of aliphatic hydroxyl groups is 1. The van der Waals surface area contributed by atoms with E-state index in [4.69, 9.17) is 0 Å². The van der Waals surface area contributed by atoms with Crippen molar-refractivity contribution in [1.82, 2.24) is 14.5 Å². The average Bonchev–Trinajstić information content (AvgIpc) is 3.11. The Hall–Kier alpha value is -2.02. The molecule has 0 amide bonds. The Balaban J connectivity index is 2.34. The van der Waals surface area contributed by atoms with E-state index in [0.717, 1.165) is 12.7 Å². The molecule has 2 atom stereocenters. The van der Waals surface area contributed by atoms with Crippen LogP contribution in [0.3, 0.4) is 0 Å². The van der Waals surface area contributed by atoms with Crippen LogP contribution in [0.25, 0.3) is 11.0 Å². The second kappa shape index (κ2) is 9.32. The second-order valence-electron chi connectivity index (χ2n) is 10.1. The van der Waals surface area contributed by atoms with Crippen LogP contribution in [-0.2, 0) is 9.84 Å². The van der Waals surface area contributed by atoms with E-state index in [1.165, 1.54) is 16.8 Å². The highest BCUT2D eigenvalue weighted by molar-refractivity contribution is 7.90. The fourth-order valence-corrected chi connectivity index (χ4v) is 11.3. The van der Waals surface area contributed by atoms with Gasteiger partial charge in [0.15, 0.2) is 0 Å². The molecule has 0 radical (unpaired) electrons. The Kier molecular flexibility index (Phi) is 7.23. The van der Waals surface area contributed by atoms with Crippen LogP contribution < -0.4 is 5.56 Å².